The number of hydrogen-bond donors (Lipinski definition) is 1. The van der Waals surface area contributed by atoms with Crippen molar-refractivity contribution in [3.63, 3.8) is 0 Å². The molecule has 0 aliphatic heterocycles. The van der Waals surface area contributed by atoms with Crippen LogP contribution in [-0.2, 0) is 11.3 Å². The van der Waals surface area contributed by atoms with E-state index in [2.05, 4.69) is 37.1 Å². The van der Waals surface area contributed by atoms with Crippen LogP contribution in [-0.4, -0.2) is 17.6 Å². The summed E-state index contributed by atoms with van der Waals surface area (Å²) in [4.78, 5) is 4.36. The van der Waals surface area contributed by atoms with Crippen molar-refractivity contribution in [1.29, 1.82) is 0 Å². The maximum atomic E-state index is 5.88. The zero-order valence-electron chi connectivity index (χ0n) is 13.3. The molecule has 114 valence electrons. The van der Waals surface area contributed by atoms with Gasteiger partial charge in [0.1, 0.15) is 0 Å². The molecule has 0 amide bonds. The Labute approximate surface area is 124 Å². The summed E-state index contributed by atoms with van der Waals surface area (Å²) in [6.07, 6.45) is 9.65. The first-order valence-electron chi connectivity index (χ1n) is 8.06. The summed E-state index contributed by atoms with van der Waals surface area (Å²) < 4.78 is 5.88. The Balaban J connectivity index is 2.26. The zero-order chi connectivity index (χ0) is 14.6. The van der Waals surface area contributed by atoms with E-state index in [1.54, 1.807) is 0 Å². The van der Waals surface area contributed by atoms with Crippen molar-refractivity contribution in [2.45, 2.75) is 72.0 Å². The van der Waals surface area contributed by atoms with E-state index >= 15 is 0 Å². The third-order valence-corrected chi connectivity index (χ3v) is 3.38. The fourth-order valence-electron chi connectivity index (χ4n) is 2.11. The number of pyridine rings is 1. The van der Waals surface area contributed by atoms with E-state index in [0.29, 0.717) is 12.7 Å². The molecule has 1 aromatic rings. The van der Waals surface area contributed by atoms with E-state index in [1.807, 2.05) is 12.3 Å². The molecule has 0 aliphatic carbocycles. The van der Waals surface area contributed by atoms with E-state index in [1.165, 1.54) is 25.7 Å². The molecule has 1 aromatic heterocycles. The van der Waals surface area contributed by atoms with Crippen LogP contribution >= 0.6 is 0 Å². The Kier molecular flexibility index (Phi) is 9.05. The summed E-state index contributed by atoms with van der Waals surface area (Å²) in [6, 6.07) is 4.09. The first-order chi connectivity index (χ1) is 9.76. The van der Waals surface area contributed by atoms with Gasteiger partial charge in [0.25, 0.3) is 0 Å². The molecule has 20 heavy (non-hydrogen) atoms. The number of unbranched alkanes of at least 4 members (excludes halogenated alkanes) is 3. The summed E-state index contributed by atoms with van der Waals surface area (Å²) in [5.41, 5.74) is 2.14. The topological polar surface area (TPSA) is 34.1 Å². The molecule has 1 unspecified atom stereocenters. The van der Waals surface area contributed by atoms with Crippen LogP contribution in [0.4, 0.5) is 5.69 Å². The van der Waals surface area contributed by atoms with Gasteiger partial charge in [-0.1, -0.05) is 39.5 Å². The Morgan fingerprint density at radius 1 is 1.20 bits per heavy atom. The first-order valence-corrected chi connectivity index (χ1v) is 8.06. The van der Waals surface area contributed by atoms with Gasteiger partial charge in [-0.3, -0.25) is 4.98 Å². The minimum atomic E-state index is 0.320. The molecule has 0 bridgehead atoms. The molecular weight excluding hydrogens is 248 g/mol. The number of rotatable bonds is 11. The molecule has 0 saturated carbocycles. The lowest BCUT2D eigenvalue weighted by Crippen LogP contribution is -2.09. The summed E-state index contributed by atoms with van der Waals surface area (Å²) in [7, 11) is 0. The van der Waals surface area contributed by atoms with Crippen LogP contribution in [0.2, 0.25) is 0 Å². The number of aromatic nitrogens is 1. The molecule has 0 radical (unpaired) electrons. The van der Waals surface area contributed by atoms with Crippen molar-refractivity contribution in [2.75, 3.05) is 11.9 Å². The van der Waals surface area contributed by atoms with Gasteiger partial charge in [0, 0.05) is 18.4 Å². The predicted molar refractivity (Wildman–Crippen MR) is 86.0 cm³/mol. The molecule has 1 rings (SSSR count). The van der Waals surface area contributed by atoms with Crippen molar-refractivity contribution < 1.29 is 4.74 Å². The predicted octanol–water partition coefficient (Wildman–Crippen LogP) is 4.78. The minimum Gasteiger partial charge on any atom is -0.385 e. The second kappa shape index (κ2) is 10.7. The average Bonchev–Trinajstić information content (AvgIpc) is 2.48. The normalized spacial score (nSPS) is 12.3. The Morgan fingerprint density at radius 2 is 2.05 bits per heavy atom. The van der Waals surface area contributed by atoms with Gasteiger partial charge < -0.3 is 10.1 Å². The first kappa shape index (κ1) is 17.0. The third-order valence-electron chi connectivity index (χ3n) is 3.38. The Morgan fingerprint density at radius 3 is 2.80 bits per heavy atom. The van der Waals surface area contributed by atoms with Crippen molar-refractivity contribution in [3.8, 4) is 0 Å². The summed E-state index contributed by atoms with van der Waals surface area (Å²) in [6.45, 7) is 8.17. The highest BCUT2D eigenvalue weighted by Crippen LogP contribution is 2.12. The van der Waals surface area contributed by atoms with Gasteiger partial charge in [0.2, 0.25) is 0 Å². The second-order valence-corrected chi connectivity index (χ2v) is 5.43. The molecule has 1 heterocycles. The lowest BCUT2D eigenvalue weighted by atomic mass is 10.1. The van der Waals surface area contributed by atoms with Crippen LogP contribution < -0.4 is 5.32 Å². The SMILES string of the molecule is CCCCCCC(C)OCc1cc(NCCC)ccn1. The molecule has 0 aliphatic rings. The summed E-state index contributed by atoms with van der Waals surface area (Å²) >= 11 is 0. The molecule has 3 nitrogen and oxygen atoms in total. The van der Waals surface area contributed by atoms with E-state index in [4.69, 9.17) is 4.74 Å². The van der Waals surface area contributed by atoms with Gasteiger partial charge >= 0.3 is 0 Å². The number of nitrogens with one attached hydrogen (secondary N) is 1. The summed E-state index contributed by atoms with van der Waals surface area (Å²) in [5, 5.41) is 3.38. The van der Waals surface area contributed by atoms with Crippen molar-refractivity contribution >= 4 is 5.69 Å². The highest BCUT2D eigenvalue weighted by molar-refractivity contribution is 5.42. The number of ether oxygens (including phenoxy) is 1. The standard InChI is InChI=1S/C17H30N2O/c1-4-6-7-8-9-15(3)20-14-17-13-16(10-12-19-17)18-11-5-2/h10,12-13,15H,4-9,11,14H2,1-3H3,(H,18,19). The lowest BCUT2D eigenvalue weighted by molar-refractivity contribution is 0.0440. The molecule has 3 heteroatoms. The van der Waals surface area contributed by atoms with Crippen molar-refractivity contribution in [3.05, 3.63) is 24.0 Å². The summed E-state index contributed by atoms with van der Waals surface area (Å²) in [5.74, 6) is 0. The van der Waals surface area contributed by atoms with E-state index < -0.39 is 0 Å². The highest BCUT2D eigenvalue weighted by Gasteiger charge is 2.04. The van der Waals surface area contributed by atoms with E-state index in [9.17, 15) is 0 Å². The van der Waals surface area contributed by atoms with Gasteiger partial charge in [0.05, 0.1) is 18.4 Å². The fourth-order valence-corrected chi connectivity index (χ4v) is 2.11. The van der Waals surface area contributed by atoms with Crippen LogP contribution in [0.15, 0.2) is 18.3 Å². The van der Waals surface area contributed by atoms with Crippen LogP contribution in [0.5, 0.6) is 0 Å². The maximum Gasteiger partial charge on any atom is 0.0892 e. The quantitative estimate of drug-likeness (QED) is 0.591. The maximum absolute atomic E-state index is 5.88. The molecule has 1 N–H and O–H groups in total. The largest absolute Gasteiger partial charge is 0.385 e. The highest BCUT2D eigenvalue weighted by atomic mass is 16.5. The number of anilines is 1. The minimum absolute atomic E-state index is 0.320. The molecule has 0 aromatic carbocycles. The molecule has 1 atom stereocenters. The Bertz CT molecular complexity index is 355. The average molecular weight is 278 g/mol. The third kappa shape index (κ3) is 7.49. The molecule has 0 spiro atoms. The van der Waals surface area contributed by atoms with Crippen molar-refractivity contribution in [1.82, 2.24) is 4.98 Å². The van der Waals surface area contributed by atoms with Gasteiger partial charge in [-0.15, -0.1) is 0 Å². The molecular formula is C17H30N2O. The fraction of sp³-hybridized carbons (Fsp3) is 0.706. The van der Waals surface area contributed by atoms with E-state index in [0.717, 1.165) is 30.8 Å². The van der Waals surface area contributed by atoms with Gasteiger partial charge in [-0.2, -0.15) is 0 Å². The smallest absolute Gasteiger partial charge is 0.0892 e. The zero-order valence-corrected chi connectivity index (χ0v) is 13.3. The van der Waals surface area contributed by atoms with Gasteiger partial charge in [-0.05, 0) is 31.9 Å². The van der Waals surface area contributed by atoms with Gasteiger partial charge in [0.15, 0.2) is 0 Å². The molecule has 0 saturated heterocycles. The van der Waals surface area contributed by atoms with Crippen LogP contribution in [0.1, 0.15) is 65.0 Å². The van der Waals surface area contributed by atoms with Gasteiger partial charge in [-0.25, -0.2) is 0 Å². The van der Waals surface area contributed by atoms with Crippen LogP contribution in [0.25, 0.3) is 0 Å². The Hall–Kier alpha value is -1.09. The second-order valence-electron chi connectivity index (χ2n) is 5.43. The monoisotopic (exact) mass is 278 g/mol. The van der Waals surface area contributed by atoms with E-state index in [-0.39, 0.29) is 0 Å². The van der Waals surface area contributed by atoms with Crippen molar-refractivity contribution in [2.24, 2.45) is 0 Å². The van der Waals surface area contributed by atoms with Crippen LogP contribution in [0.3, 0.4) is 0 Å². The van der Waals surface area contributed by atoms with Crippen LogP contribution in [0, 0.1) is 0 Å². The number of nitrogens with zero attached hydrogens (tertiary/aromatic N) is 1. The lowest BCUT2D eigenvalue weighted by Gasteiger charge is -2.13. The molecule has 0 fully saturated rings. The number of hydrogen-bond acceptors (Lipinski definition) is 3.